The third kappa shape index (κ3) is 6.95. The Bertz CT molecular complexity index is 170. The SMILES string of the molecule is C=CCOCCOCCOC1CCNCC1. The number of piperidine rings is 1. The lowest BCUT2D eigenvalue weighted by Gasteiger charge is -2.22. The minimum atomic E-state index is 0.418. The molecule has 0 amide bonds. The second-order valence-electron chi connectivity index (χ2n) is 3.80. The first-order valence-electron chi connectivity index (χ1n) is 6.02. The van der Waals surface area contributed by atoms with Crippen molar-refractivity contribution in [2.75, 3.05) is 46.1 Å². The zero-order valence-electron chi connectivity index (χ0n) is 9.95. The third-order valence-electron chi connectivity index (χ3n) is 2.48. The Balaban J connectivity index is 1.78. The Morgan fingerprint density at radius 2 is 1.75 bits per heavy atom. The van der Waals surface area contributed by atoms with Crippen LogP contribution in [0.2, 0.25) is 0 Å². The van der Waals surface area contributed by atoms with E-state index in [0.717, 1.165) is 25.9 Å². The molecular formula is C12H23NO3. The van der Waals surface area contributed by atoms with Crippen molar-refractivity contribution < 1.29 is 14.2 Å². The summed E-state index contributed by atoms with van der Waals surface area (Å²) in [5.74, 6) is 0. The average molecular weight is 229 g/mol. The molecule has 0 unspecified atom stereocenters. The second-order valence-corrected chi connectivity index (χ2v) is 3.80. The van der Waals surface area contributed by atoms with Crippen molar-refractivity contribution in [1.29, 1.82) is 0 Å². The standard InChI is InChI=1S/C12H23NO3/c1-2-7-14-8-9-15-10-11-16-12-3-5-13-6-4-12/h2,12-13H,1,3-11H2. The number of hydrogen-bond acceptors (Lipinski definition) is 4. The number of nitrogens with one attached hydrogen (secondary N) is 1. The third-order valence-corrected chi connectivity index (χ3v) is 2.48. The van der Waals surface area contributed by atoms with Crippen LogP contribution in [0.5, 0.6) is 0 Å². The van der Waals surface area contributed by atoms with E-state index in [1.807, 2.05) is 0 Å². The Hall–Kier alpha value is -0.420. The van der Waals surface area contributed by atoms with Gasteiger partial charge in [-0.1, -0.05) is 6.08 Å². The van der Waals surface area contributed by atoms with Gasteiger partial charge < -0.3 is 19.5 Å². The summed E-state index contributed by atoms with van der Waals surface area (Å²) in [5, 5.41) is 3.31. The van der Waals surface area contributed by atoms with Gasteiger partial charge in [0.1, 0.15) is 0 Å². The van der Waals surface area contributed by atoms with E-state index in [0.29, 0.717) is 39.1 Å². The molecular weight excluding hydrogens is 206 g/mol. The molecule has 1 aliphatic rings. The van der Waals surface area contributed by atoms with E-state index in [1.54, 1.807) is 6.08 Å². The fraction of sp³-hybridized carbons (Fsp3) is 0.833. The van der Waals surface area contributed by atoms with Gasteiger partial charge in [0, 0.05) is 0 Å². The topological polar surface area (TPSA) is 39.7 Å². The fourth-order valence-corrected chi connectivity index (χ4v) is 1.62. The number of ether oxygens (including phenoxy) is 3. The van der Waals surface area contributed by atoms with Crippen molar-refractivity contribution in [1.82, 2.24) is 5.32 Å². The first kappa shape index (κ1) is 13.6. The molecule has 0 atom stereocenters. The molecule has 1 N–H and O–H groups in total. The monoisotopic (exact) mass is 229 g/mol. The molecule has 1 aliphatic heterocycles. The quantitative estimate of drug-likeness (QED) is 0.472. The first-order valence-corrected chi connectivity index (χ1v) is 6.02. The molecule has 1 heterocycles. The van der Waals surface area contributed by atoms with Gasteiger partial charge in [0.2, 0.25) is 0 Å². The highest BCUT2D eigenvalue weighted by molar-refractivity contribution is 4.67. The molecule has 94 valence electrons. The van der Waals surface area contributed by atoms with E-state index < -0.39 is 0 Å². The van der Waals surface area contributed by atoms with E-state index in [-0.39, 0.29) is 0 Å². The Morgan fingerprint density at radius 1 is 1.06 bits per heavy atom. The van der Waals surface area contributed by atoms with Gasteiger partial charge in [0.05, 0.1) is 39.1 Å². The largest absolute Gasteiger partial charge is 0.377 e. The smallest absolute Gasteiger partial charge is 0.0704 e. The lowest BCUT2D eigenvalue weighted by molar-refractivity contribution is -0.0178. The number of hydrogen-bond donors (Lipinski definition) is 1. The molecule has 0 bridgehead atoms. The summed E-state index contributed by atoms with van der Waals surface area (Å²) < 4.78 is 16.2. The van der Waals surface area contributed by atoms with Crippen molar-refractivity contribution in [3.8, 4) is 0 Å². The molecule has 16 heavy (non-hydrogen) atoms. The highest BCUT2D eigenvalue weighted by Gasteiger charge is 2.12. The Labute approximate surface area is 97.9 Å². The molecule has 0 aromatic rings. The van der Waals surface area contributed by atoms with Crippen LogP contribution in [-0.4, -0.2) is 52.2 Å². The lowest BCUT2D eigenvalue weighted by atomic mass is 10.1. The van der Waals surface area contributed by atoms with E-state index in [1.165, 1.54) is 0 Å². The van der Waals surface area contributed by atoms with Gasteiger partial charge >= 0.3 is 0 Å². The van der Waals surface area contributed by atoms with Crippen LogP contribution in [0.1, 0.15) is 12.8 Å². The molecule has 1 fully saturated rings. The minimum absolute atomic E-state index is 0.418. The van der Waals surface area contributed by atoms with Crippen molar-refractivity contribution in [2.45, 2.75) is 18.9 Å². The van der Waals surface area contributed by atoms with Crippen molar-refractivity contribution in [3.05, 3.63) is 12.7 Å². The van der Waals surface area contributed by atoms with Crippen molar-refractivity contribution in [2.24, 2.45) is 0 Å². The van der Waals surface area contributed by atoms with Gasteiger partial charge in [0.15, 0.2) is 0 Å². The van der Waals surface area contributed by atoms with Crippen LogP contribution in [0.15, 0.2) is 12.7 Å². The van der Waals surface area contributed by atoms with Crippen LogP contribution in [0.3, 0.4) is 0 Å². The van der Waals surface area contributed by atoms with Gasteiger partial charge in [-0.3, -0.25) is 0 Å². The molecule has 4 nitrogen and oxygen atoms in total. The van der Waals surface area contributed by atoms with Crippen molar-refractivity contribution in [3.63, 3.8) is 0 Å². The molecule has 0 spiro atoms. The fourth-order valence-electron chi connectivity index (χ4n) is 1.62. The van der Waals surface area contributed by atoms with E-state index in [2.05, 4.69) is 11.9 Å². The molecule has 0 aliphatic carbocycles. The lowest BCUT2D eigenvalue weighted by Crippen LogP contribution is -2.33. The maximum atomic E-state index is 5.69. The van der Waals surface area contributed by atoms with E-state index >= 15 is 0 Å². The summed E-state index contributed by atoms with van der Waals surface area (Å²) in [6, 6.07) is 0. The van der Waals surface area contributed by atoms with E-state index in [9.17, 15) is 0 Å². The summed E-state index contributed by atoms with van der Waals surface area (Å²) in [5.41, 5.74) is 0. The zero-order chi connectivity index (χ0) is 11.5. The summed E-state index contributed by atoms with van der Waals surface area (Å²) in [7, 11) is 0. The highest BCUT2D eigenvalue weighted by Crippen LogP contribution is 2.06. The van der Waals surface area contributed by atoms with Crippen LogP contribution < -0.4 is 5.32 Å². The van der Waals surface area contributed by atoms with Crippen LogP contribution >= 0.6 is 0 Å². The van der Waals surface area contributed by atoms with E-state index in [4.69, 9.17) is 14.2 Å². The average Bonchev–Trinajstić information content (AvgIpc) is 2.34. The maximum absolute atomic E-state index is 5.69. The van der Waals surface area contributed by atoms with Crippen LogP contribution in [0, 0.1) is 0 Å². The van der Waals surface area contributed by atoms with Crippen LogP contribution in [0.4, 0.5) is 0 Å². The van der Waals surface area contributed by atoms with Gasteiger partial charge in [-0.05, 0) is 25.9 Å². The van der Waals surface area contributed by atoms with Gasteiger partial charge in [-0.25, -0.2) is 0 Å². The van der Waals surface area contributed by atoms with Gasteiger partial charge in [0.25, 0.3) is 0 Å². The highest BCUT2D eigenvalue weighted by atomic mass is 16.5. The summed E-state index contributed by atoms with van der Waals surface area (Å²) in [6.07, 6.45) is 4.38. The first-order chi connectivity index (χ1) is 7.93. The minimum Gasteiger partial charge on any atom is -0.377 e. The molecule has 0 saturated carbocycles. The second kappa shape index (κ2) is 9.78. The molecule has 0 aromatic carbocycles. The predicted octanol–water partition coefficient (Wildman–Crippen LogP) is 0.974. The predicted molar refractivity (Wildman–Crippen MR) is 63.7 cm³/mol. The number of rotatable bonds is 9. The molecule has 4 heteroatoms. The summed E-state index contributed by atoms with van der Waals surface area (Å²) >= 11 is 0. The molecule has 1 rings (SSSR count). The Morgan fingerprint density at radius 3 is 2.50 bits per heavy atom. The summed E-state index contributed by atoms with van der Waals surface area (Å²) in [6.45, 7) is 8.90. The Kier molecular flexibility index (Phi) is 8.34. The molecule has 0 aromatic heterocycles. The summed E-state index contributed by atoms with van der Waals surface area (Å²) in [4.78, 5) is 0. The normalized spacial score (nSPS) is 17.5. The van der Waals surface area contributed by atoms with Crippen molar-refractivity contribution >= 4 is 0 Å². The van der Waals surface area contributed by atoms with Crippen LogP contribution in [-0.2, 0) is 14.2 Å². The molecule has 0 radical (unpaired) electrons. The van der Waals surface area contributed by atoms with Gasteiger partial charge in [-0.2, -0.15) is 0 Å². The maximum Gasteiger partial charge on any atom is 0.0704 e. The zero-order valence-corrected chi connectivity index (χ0v) is 9.95. The molecule has 1 saturated heterocycles. The van der Waals surface area contributed by atoms with Crippen LogP contribution in [0.25, 0.3) is 0 Å². The van der Waals surface area contributed by atoms with Gasteiger partial charge in [-0.15, -0.1) is 6.58 Å².